The van der Waals surface area contributed by atoms with Gasteiger partial charge in [0.05, 0.1) is 24.0 Å². The van der Waals surface area contributed by atoms with E-state index in [9.17, 15) is 4.79 Å². The summed E-state index contributed by atoms with van der Waals surface area (Å²) in [4.78, 5) is 14.0. The van der Waals surface area contributed by atoms with Crippen LogP contribution in [0.2, 0.25) is 0 Å². The van der Waals surface area contributed by atoms with E-state index in [1.165, 1.54) is 7.11 Å². The van der Waals surface area contributed by atoms with Crippen molar-refractivity contribution in [2.75, 3.05) is 30.8 Å². The molecule has 1 rings (SSSR count). The minimum atomic E-state index is -0.379. The maximum Gasteiger partial charge on any atom is 0.340 e. The molecular formula is C16H26N2O2. The van der Waals surface area contributed by atoms with Crippen molar-refractivity contribution in [2.45, 2.75) is 39.5 Å². The zero-order chi connectivity index (χ0) is 15.0. The molecule has 0 saturated heterocycles. The number of nitrogens with two attached hydrogens (primary N) is 1. The Kier molecular flexibility index (Phi) is 6.91. The molecule has 0 unspecified atom stereocenters. The number of benzene rings is 1. The van der Waals surface area contributed by atoms with Gasteiger partial charge in [-0.15, -0.1) is 0 Å². The van der Waals surface area contributed by atoms with E-state index in [0.717, 1.165) is 44.5 Å². The normalized spacial score (nSPS) is 10.3. The van der Waals surface area contributed by atoms with E-state index < -0.39 is 0 Å². The molecular weight excluding hydrogens is 252 g/mol. The number of ether oxygens (including phenoxy) is 1. The lowest BCUT2D eigenvalue weighted by Gasteiger charge is -2.26. The number of hydrogen-bond acceptors (Lipinski definition) is 4. The van der Waals surface area contributed by atoms with Gasteiger partial charge in [0.15, 0.2) is 0 Å². The van der Waals surface area contributed by atoms with E-state index >= 15 is 0 Å². The number of nitrogen functional groups attached to an aromatic ring is 1. The maximum atomic E-state index is 11.7. The second-order valence-corrected chi connectivity index (χ2v) is 4.92. The molecule has 0 amide bonds. The van der Waals surface area contributed by atoms with Gasteiger partial charge in [-0.05, 0) is 25.0 Å². The first-order chi connectivity index (χ1) is 9.65. The maximum absolute atomic E-state index is 11.7. The summed E-state index contributed by atoms with van der Waals surface area (Å²) in [6.45, 7) is 6.27. The quantitative estimate of drug-likeness (QED) is 0.584. The molecule has 0 aliphatic rings. The molecule has 0 aliphatic carbocycles. The van der Waals surface area contributed by atoms with Crippen molar-refractivity contribution >= 4 is 17.3 Å². The number of hydrogen-bond donors (Lipinski definition) is 1. The van der Waals surface area contributed by atoms with E-state index in [2.05, 4.69) is 18.7 Å². The first-order valence-corrected chi connectivity index (χ1v) is 7.37. The highest BCUT2D eigenvalue weighted by atomic mass is 16.5. The molecule has 20 heavy (non-hydrogen) atoms. The Labute approximate surface area is 121 Å². The predicted molar refractivity (Wildman–Crippen MR) is 84.2 cm³/mol. The smallest absolute Gasteiger partial charge is 0.340 e. The number of nitrogens with zero attached hydrogens (tertiary/aromatic N) is 1. The van der Waals surface area contributed by atoms with Crippen LogP contribution in [0.1, 0.15) is 49.9 Å². The zero-order valence-corrected chi connectivity index (χ0v) is 12.8. The number of carbonyl (C=O) groups is 1. The van der Waals surface area contributed by atoms with Crippen molar-refractivity contribution in [2.24, 2.45) is 0 Å². The van der Waals surface area contributed by atoms with Gasteiger partial charge in [-0.1, -0.05) is 32.8 Å². The van der Waals surface area contributed by atoms with Gasteiger partial charge >= 0.3 is 5.97 Å². The second-order valence-electron chi connectivity index (χ2n) is 4.92. The first-order valence-electron chi connectivity index (χ1n) is 7.37. The lowest BCUT2D eigenvalue weighted by Crippen LogP contribution is -2.27. The van der Waals surface area contributed by atoms with E-state index in [1.807, 2.05) is 12.1 Å². The second kappa shape index (κ2) is 8.46. The highest BCUT2D eigenvalue weighted by Gasteiger charge is 2.16. The fraction of sp³-hybridized carbons (Fsp3) is 0.562. The van der Waals surface area contributed by atoms with Crippen LogP contribution in [0.4, 0.5) is 11.4 Å². The molecule has 0 fully saturated rings. The Bertz CT molecular complexity index is 424. The number of esters is 1. The van der Waals surface area contributed by atoms with Crippen molar-refractivity contribution in [3.8, 4) is 0 Å². The Balaban J connectivity index is 3.02. The summed E-state index contributed by atoms with van der Waals surface area (Å²) in [5.74, 6) is -0.379. The Morgan fingerprint density at radius 1 is 1.20 bits per heavy atom. The molecule has 0 atom stereocenters. The molecule has 0 radical (unpaired) electrons. The van der Waals surface area contributed by atoms with Crippen LogP contribution >= 0.6 is 0 Å². The van der Waals surface area contributed by atoms with Crippen LogP contribution in [-0.2, 0) is 4.74 Å². The minimum absolute atomic E-state index is 0.379. The number of unbranched alkanes of at least 4 members (excludes halogenated alkanes) is 2. The van der Waals surface area contributed by atoms with Crippen LogP contribution in [0.5, 0.6) is 0 Å². The van der Waals surface area contributed by atoms with Gasteiger partial charge in [-0.25, -0.2) is 4.79 Å². The Morgan fingerprint density at radius 3 is 2.30 bits per heavy atom. The third-order valence-electron chi connectivity index (χ3n) is 3.39. The Morgan fingerprint density at radius 2 is 1.80 bits per heavy atom. The van der Waals surface area contributed by atoms with Crippen molar-refractivity contribution in [3.05, 3.63) is 23.8 Å². The molecule has 0 spiro atoms. The standard InChI is InChI=1S/C16H26N2O2/c1-4-6-11-18(12-7-5-2)14-10-8-9-13(15(14)17)16(19)20-3/h8-10H,4-7,11-12,17H2,1-3H3. The highest BCUT2D eigenvalue weighted by Crippen LogP contribution is 2.28. The molecule has 0 aliphatic heterocycles. The van der Waals surface area contributed by atoms with E-state index in [1.54, 1.807) is 6.07 Å². The molecule has 0 aromatic heterocycles. The fourth-order valence-corrected chi connectivity index (χ4v) is 2.17. The van der Waals surface area contributed by atoms with Gasteiger partial charge < -0.3 is 15.4 Å². The summed E-state index contributed by atoms with van der Waals surface area (Å²) in [6.07, 6.45) is 4.51. The topological polar surface area (TPSA) is 55.6 Å². The summed E-state index contributed by atoms with van der Waals surface area (Å²) in [5, 5.41) is 0. The molecule has 4 nitrogen and oxygen atoms in total. The number of rotatable bonds is 8. The SMILES string of the molecule is CCCCN(CCCC)c1cccc(C(=O)OC)c1N. The molecule has 4 heteroatoms. The molecule has 0 saturated carbocycles. The van der Waals surface area contributed by atoms with Crippen LogP contribution in [0.25, 0.3) is 0 Å². The molecule has 1 aromatic carbocycles. The third kappa shape index (κ3) is 4.15. The van der Waals surface area contributed by atoms with Crippen LogP contribution in [0.3, 0.4) is 0 Å². The van der Waals surface area contributed by atoms with Crippen molar-refractivity contribution in [3.63, 3.8) is 0 Å². The number of methoxy groups -OCH3 is 1. The molecule has 0 bridgehead atoms. The monoisotopic (exact) mass is 278 g/mol. The number of anilines is 2. The average Bonchev–Trinajstić information content (AvgIpc) is 2.47. The summed E-state index contributed by atoms with van der Waals surface area (Å²) < 4.78 is 4.78. The Hall–Kier alpha value is -1.71. The van der Waals surface area contributed by atoms with Crippen LogP contribution < -0.4 is 10.6 Å². The van der Waals surface area contributed by atoms with Crippen LogP contribution in [0, 0.1) is 0 Å². The van der Waals surface area contributed by atoms with E-state index in [-0.39, 0.29) is 5.97 Å². The third-order valence-corrected chi connectivity index (χ3v) is 3.39. The van der Waals surface area contributed by atoms with Gasteiger partial charge in [0.2, 0.25) is 0 Å². The summed E-state index contributed by atoms with van der Waals surface area (Å²) >= 11 is 0. The lowest BCUT2D eigenvalue weighted by molar-refractivity contribution is 0.0602. The summed E-state index contributed by atoms with van der Waals surface area (Å²) in [5.41, 5.74) is 8.07. The number of para-hydroxylation sites is 1. The first kappa shape index (κ1) is 16.3. The van der Waals surface area contributed by atoms with Crippen molar-refractivity contribution in [1.29, 1.82) is 0 Å². The number of carbonyl (C=O) groups excluding carboxylic acids is 1. The highest BCUT2D eigenvalue weighted by molar-refractivity contribution is 5.98. The lowest BCUT2D eigenvalue weighted by atomic mass is 10.1. The largest absolute Gasteiger partial charge is 0.465 e. The van der Waals surface area contributed by atoms with Crippen LogP contribution in [-0.4, -0.2) is 26.2 Å². The van der Waals surface area contributed by atoms with E-state index in [4.69, 9.17) is 10.5 Å². The zero-order valence-electron chi connectivity index (χ0n) is 12.8. The van der Waals surface area contributed by atoms with Gasteiger partial charge in [0, 0.05) is 13.1 Å². The summed E-state index contributed by atoms with van der Waals surface area (Å²) in [7, 11) is 1.38. The van der Waals surface area contributed by atoms with Crippen molar-refractivity contribution < 1.29 is 9.53 Å². The minimum Gasteiger partial charge on any atom is -0.465 e. The molecule has 2 N–H and O–H groups in total. The van der Waals surface area contributed by atoms with Crippen molar-refractivity contribution in [1.82, 2.24) is 0 Å². The fourth-order valence-electron chi connectivity index (χ4n) is 2.17. The van der Waals surface area contributed by atoms with Gasteiger partial charge in [-0.3, -0.25) is 0 Å². The summed E-state index contributed by atoms with van der Waals surface area (Å²) in [6, 6.07) is 5.55. The van der Waals surface area contributed by atoms with Gasteiger partial charge in [-0.2, -0.15) is 0 Å². The molecule has 112 valence electrons. The van der Waals surface area contributed by atoms with Crippen LogP contribution in [0.15, 0.2) is 18.2 Å². The van der Waals surface area contributed by atoms with E-state index in [0.29, 0.717) is 11.3 Å². The predicted octanol–water partition coefficient (Wildman–Crippen LogP) is 3.46. The van der Waals surface area contributed by atoms with Gasteiger partial charge in [0.1, 0.15) is 0 Å². The molecule has 0 heterocycles. The van der Waals surface area contributed by atoms with Gasteiger partial charge in [0.25, 0.3) is 0 Å². The molecule has 1 aromatic rings. The average molecular weight is 278 g/mol.